The van der Waals surface area contributed by atoms with E-state index >= 15 is 0 Å². The molecule has 10 amide bonds. The third-order valence-corrected chi connectivity index (χ3v) is 14.1. The fraction of sp³-hybridized carbons (Fsp3) is 0.441. The maximum Gasteiger partial charge on any atom is 0.246 e. The Bertz CT molecular complexity index is 3060. The molecular formula is C59H80N14O13. The number of aromatic hydroxyl groups is 1. The number of fused-ring (bicyclic) bond motifs is 1. The first-order chi connectivity index (χ1) is 40.8. The summed E-state index contributed by atoms with van der Waals surface area (Å²) in [5, 5.41) is 60.4. The number of carbonyl (C=O) groups is 10. The first-order valence-corrected chi connectivity index (χ1v) is 28.2. The van der Waals surface area contributed by atoms with Crippen molar-refractivity contribution in [2.45, 2.75) is 134 Å². The number of β-amino-alcohol motifs (C(OH)–C–C–N with tert-alkyl or cyclic N) is 1. The Morgan fingerprint density at radius 3 is 1.98 bits per heavy atom. The van der Waals surface area contributed by atoms with Crippen molar-refractivity contribution >= 4 is 75.9 Å². The van der Waals surface area contributed by atoms with Crippen LogP contribution in [0.1, 0.15) is 76.5 Å². The Kier molecular flexibility index (Phi) is 25.6. The van der Waals surface area contributed by atoms with Crippen molar-refractivity contribution in [1.82, 2.24) is 52.4 Å². The fourth-order valence-electron chi connectivity index (χ4n) is 9.87. The van der Waals surface area contributed by atoms with E-state index in [1.165, 1.54) is 44.2 Å². The highest BCUT2D eigenvalue weighted by Crippen LogP contribution is 2.23. The molecule has 0 bridgehead atoms. The standard InChI is InChI=1S/C59H80N14O13/c1-32(2)24-37(52(80)68-43(17-11-23-65-59(62)63)54(82)69-44(51(61)79)27-38-30-66-42-16-9-8-15-41(38)42)14-10-22-64-53(81)45(25-35-12-6-5-7-13-35)71-57(85)50(33(3)74)72-55(83)46(29-49(60)78)70-56(84)48-28-40(77)31-73(48)58(86)47(67-34(4)75)26-36-18-20-39(76)21-19-36/h5-10,12-16,18-21,30,32-33,37,40,43-48,50,66,74,76-77H,11,17,22-29,31H2,1-4H3,(H2,60,78)(H2,61,79)(H,64,81)(H,67,75)(H,68,80)(H,69,82)(H,70,84)(H,71,85)(H,72,83)(H4,62,63,65)/b14-10+/t33-,37+,40-,43+,44+,45+,46+,47-,48+,50+/m1/s1. The average Bonchev–Trinajstić information content (AvgIpc) is 2.61. The van der Waals surface area contributed by atoms with Gasteiger partial charge in [0, 0.05) is 69.3 Å². The summed E-state index contributed by atoms with van der Waals surface area (Å²) in [4.78, 5) is 140. The molecule has 1 saturated heterocycles. The van der Waals surface area contributed by atoms with E-state index in [2.05, 4.69) is 47.5 Å². The molecule has 0 spiro atoms. The van der Waals surface area contributed by atoms with Gasteiger partial charge in [-0.05, 0) is 67.0 Å². The molecule has 464 valence electrons. The zero-order valence-corrected chi connectivity index (χ0v) is 48.5. The largest absolute Gasteiger partial charge is 0.508 e. The molecule has 10 atom stereocenters. The first kappa shape index (κ1) is 67.4. The minimum Gasteiger partial charge on any atom is -0.508 e. The molecular weight excluding hydrogens is 1110 g/mol. The number of aliphatic hydroxyl groups is 2. The number of primary amides is 2. The van der Waals surface area contributed by atoms with Crippen LogP contribution < -0.4 is 59.7 Å². The monoisotopic (exact) mass is 1190 g/mol. The predicted octanol–water partition coefficient (Wildman–Crippen LogP) is -1.87. The number of amides is 10. The van der Waals surface area contributed by atoms with Crippen molar-refractivity contribution in [3.63, 3.8) is 0 Å². The Morgan fingerprint density at radius 2 is 1.34 bits per heavy atom. The van der Waals surface area contributed by atoms with E-state index in [-0.39, 0.29) is 75.8 Å². The smallest absolute Gasteiger partial charge is 0.246 e. The van der Waals surface area contributed by atoms with Crippen LogP contribution in [0, 0.1) is 17.2 Å². The molecule has 86 heavy (non-hydrogen) atoms. The van der Waals surface area contributed by atoms with Crippen LogP contribution in [0.25, 0.3) is 10.9 Å². The summed E-state index contributed by atoms with van der Waals surface area (Å²) in [5.41, 5.74) is 19.4. The van der Waals surface area contributed by atoms with Crippen molar-refractivity contribution < 1.29 is 63.3 Å². The highest BCUT2D eigenvalue weighted by molar-refractivity contribution is 5.99. The van der Waals surface area contributed by atoms with Crippen LogP contribution in [-0.2, 0) is 67.2 Å². The van der Waals surface area contributed by atoms with Crippen LogP contribution in [0.15, 0.2) is 97.2 Å². The number of guanidine groups is 1. The minimum absolute atomic E-state index is 0.0378. The normalized spacial score (nSPS) is 16.7. The Labute approximate surface area is 497 Å². The molecule has 3 aromatic carbocycles. The molecule has 1 aliphatic rings. The maximum absolute atomic E-state index is 14.1. The number of nitrogens with zero attached hydrogens (tertiary/aromatic N) is 1. The maximum atomic E-state index is 14.1. The summed E-state index contributed by atoms with van der Waals surface area (Å²) < 4.78 is 0. The van der Waals surface area contributed by atoms with Gasteiger partial charge in [-0.2, -0.15) is 0 Å². The number of carbonyl (C=O) groups excluding carboxylic acids is 10. The topological polar surface area (TPSA) is 449 Å². The molecule has 1 aliphatic heterocycles. The minimum atomic E-state index is -1.81. The van der Waals surface area contributed by atoms with E-state index in [1.807, 2.05) is 38.1 Å². The Morgan fingerprint density at radius 1 is 0.709 bits per heavy atom. The number of H-pyrrole nitrogens is 1. The molecule has 27 heteroatoms. The molecule has 0 aliphatic carbocycles. The van der Waals surface area contributed by atoms with Crippen molar-refractivity contribution in [3.8, 4) is 5.75 Å². The average molecular weight is 1190 g/mol. The number of phenolic OH excluding ortho intramolecular Hbond substituents is 1. The zero-order chi connectivity index (χ0) is 63.2. The van der Waals surface area contributed by atoms with E-state index < -0.39 is 126 Å². The number of hydrogen-bond acceptors (Lipinski definition) is 14. The summed E-state index contributed by atoms with van der Waals surface area (Å²) in [6.07, 6.45) is 1.38. The number of aliphatic hydroxyl groups excluding tert-OH is 2. The van der Waals surface area contributed by atoms with Crippen molar-refractivity contribution in [3.05, 3.63) is 114 Å². The quantitative estimate of drug-likeness (QED) is 0.0110. The zero-order valence-electron chi connectivity index (χ0n) is 48.5. The molecule has 4 aromatic rings. The van der Waals surface area contributed by atoms with Gasteiger partial charge in [0.25, 0.3) is 0 Å². The van der Waals surface area contributed by atoms with Gasteiger partial charge < -0.3 is 84.9 Å². The van der Waals surface area contributed by atoms with E-state index in [9.17, 15) is 63.3 Å². The van der Waals surface area contributed by atoms with Gasteiger partial charge in [0.05, 0.1) is 24.5 Å². The van der Waals surface area contributed by atoms with Gasteiger partial charge in [-0.3, -0.25) is 53.4 Å². The lowest BCUT2D eigenvalue weighted by molar-refractivity contribution is -0.142. The first-order valence-electron chi connectivity index (χ1n) is 28.2. The van der Waals surface area contributed by atoms with E-state index in [0.717, 1.165) is 21.4 Å². The number of aromatic nitrogens is 1. The number of benzene rings is 3. The van der Waals surface area contributed by atoms with Gasteiger partial charge >= 0.3 is 0 Å². The summed E-state index contributed by atoms with van der Waals surface area (Å²) in [5.74, 6) is -9.56. The number of likely N-dealkylation sites (tertiary alicyclic amines) is 1. The van der Waals surface area contributed by atoms with Gasteiger partial charge in [0.1, 0.15) is 48.0 Å². The Balaban J connectivity index is 1.27. The number of nitrogens with one attached hydrogen (secondary N) is 10. The Hall–Kier alpha value is -9.37. The van der Waals surface area contributed by atoms with E-state index in [0.29, 0.717) is 17.5 Å². The number of phenols is 1. The van der Waals surface area contributed by atoms with Crippen LogP contribution in [0.3, 0.4) is 0 Å². The summed E-state index contributed by atoms with van der Waals surface area (Å²) in [6, 6.07) is 11.9. The molecule has 1 fully saturated rings. The molecule has 2 heterocycles. The second-order valence-electron chi connectivity index (χ2n) is 21.7. The van der Waals surface area contributed by atoms with Gasteiger partial charge in [0.15, 0.2) is 5.96 Å². The van der Waals surface area contributed by atoms with Crippen LogP contribution in [0.5, 0.6) is 5.75 Å². The fourth-order valence-corrected chi connectivity index (χ4v) is 9.87. The molecule has 19 N–H and O–H groups in total. The SMILES string of the molecule is CC(=O)N[C@H](Cc1ccc(O)cc1)C(=O)N1C[C@H](O)C[C@H]1C(=O)N[C@@H](CC(N)=O)C(=O)N[C@H](C(=O)N[C@@H](Cc1ccccc1)C(=O)NC/C=C/[C@@H](CC(C)C)C(=O)N[C@@H](CCCNC(=N)N)C(=O)N[C@@H](Cc1c[nH]c2ccccc12)C(N)=O)[C@@H](C)O. The van der Waals surface area contributed by atoms with Crippen molar-refractivity contribution in [2.75, 3.05) is 19.6 Å². The predicted molar refractivity (Wildman–Crippen MR) is 316 cm³/mol. The number of hydrogen-bond donors (Lipinski definition) is 16. The summed E-state index contributed by atoms with van der Waals surface area (Å²) in [7, 11) is 0. The molecule has 0 saturated carbocycles. The summed E-state index contributed by atoms with van der Waals surface area (Å²) in [6.45, 7) is 5.82. The van der Waals surface area contributed by atoms with Crippen molar-refractivity contribution in [2.24, 2.45) is 29.0 Å². The van der Waals surface area contributed by atoms with Crippen LogP contribution in [-0.4, -0.2) is 164 Å². The second-order valence-corrected chi connectivity index (χ2v) is 21.7. The van der Waals surface area contributed by atoms with E-state index in [4.69, 9.17) is 22.6 Å². The lowest BCUT2D eigenvalue weighted by Crippen LogP contribution is -2.61. The third-order valence-electron chi connectivity index (χ3n) is 14.1. The summed E-state index contributed by atoms with van der Waals surface area (Å²) >= 11 is 0. The third kappa shape index (κ3) is 21.1. The molecule has 0 unspecified atom stereocenters. The van der Waals surface area contributed by atoms with Gasteiger partial charge in [-0.1, -0.05) is 86.7 Å². The molecule has 1 aromatic heterocycles. The van der Waals surface area contributed by atoms with Crippen LogP contribution in [0.2, 0.25) is 0 Å². The lowest BCUT2D eigenvalue weighted by atomic mass is 9.95. The van der Waals surface area contributed by atoms with Gasteiger partial charge in [-0.25, -0.2) is 0 Å². The van der Waals surface area contributed by atoms with Crippen molar-refractivity contribution in [1.29, 1.82) is 5.41 Å². The molecule has 27 nitrogen and oxygen atoms in total. The number of nitrogens with two attached hydrogens (primary N) is 3. The molecule has 0 radical (unpaired) electrons. The van der Waals surface area contributed by atoms with Gasteiger partial charge in [0.2, 0.25) is 59.1 Å². The lowest BCUT2D eigenvalue weighted by Gasteiger charge is -2.30. The van der Waals surface area contributed by atoms with Gasteiger partial charge in [-0.15, -0.1) is 0 Å². The molecule has 5 rings (SSSR count). The highest BCUT2D eigenvalue weighted by atomic mass is 16.3. The van der Waals surface area contributed by atoms with Crippen LogP contribution in [0.4, 0.5) is 0 Å². The number of aromatic amines is 1. The highest BCUT2D eigenvalue weighted by Gasteiger charge is 2.43. The second kappa shape index (κ2) is 32.6. The van der Waals surface area contributed by atoms with E-state index in [1.54, 1.807) is 42.6 Å². The number of rotatable bonds is 32. The van der Waals surface area contributed by atoms with Crippen LogP contribution >= 0.6 is 0 Å². The number of para-hydroxylation sites is 1.